The van der Waals surface area contributed by atoms with Crippen molar-refractivity contribution < 1.29 is 19.1 Å². The van der Waals surface area contributed by atoms with E-state index < -0.39 is 11.6 Å². The number of rotatable bonds is 4. The van der Waals surface area contributed by atoms with Gasteiger partial charge in [-0.2, -0.15) is 0 Å². The van der Waals surface area contributed by atoms with Gasteiger partial charge in [0.1, 0.15) is 6.54 Å². The summed E-state index contributed by atoms with van der Waals surface area (Å²) in [5, 5.41) is 11.4. The van der Waals surface area contributed by atoms with Gasteiger partial charge in [-0.05, 0) is 18.4 Å². The molecule has 0 aromatic heterocycles. The van der Waals surface area contributed by atoms with Crippen LogP contribution in [0.5, 0.6) is 0 Å². The van der Waals surface area contributed by atoms with Gasteiger partial charge >= 0.3 is 5.97 Å². The van der Waals surface area contributed by atoms with Crippen molar-refractivity contribution in [2.45, 2.75) is 50.6 Å². The molecule has 1 heterocycles. The zero-order chi connectivity index (χ0) is 18.5. The maximum atomic E-state index is 12.9. The number of nitrogens with zero attached hydrogens (tertiary/aromatic N) is 1. The topological polar surface area (TPSA) is 46.5 Å². The maximum absolute atomic E-state index is 12.9. The van der Waals surface area contributed by atoms with E-state index in [1.807, 2.05) is 30.3 Å². The Morgan fingerprint density at radius 2 is 1.76 bits per heavy atom. The lowest BCUT2D eigenvalue weighted by Crippen LogP contribution is -2.46. The van der Waals surface area contributed by atoms with Gasteiger partial charge in [-0.1, -0.05) is 50.0 Å². The summed E-state index contributed by atoms with van der Waals surface area (Å²) >= 11 is 0. The molecule has 2 unspecified atom stereocenters. The van der Waals surface area contributed by atoms with Crippen LogP contribution in [0.2, 0.25) is 6.82 Å². The molecular formula is C20H31BNO3+. The molecule has 1 aliphatic heterocycles. The quantitative estimate of drug-likeness (QED) is 0.519. The molecular weight excluding hydrogens is 313 g/mol. The molecule has 0 bridgehead atoms. The summed E-state index contributed by atoms with van der Waals surface area (Å²) in [6, 6.07) is 9.33. The monoisotopic (exact) mass is 344 g/mol. The van der Waals surface area contributed by atoms with Crippen molar-refractivity contribution in [3.63, 3.8) is 0 Å². The largest absolute Gasteiger partial charge is 0.454 e. The standard InChI is InChI=1S/C19H28NO3.CH3B/c1-20(2)13-12-17(14-20)23-18(21)19(22,16-10-6-7-11-16)15-8-4-3-5-9-15;1-2/h3-5,8-9,16-17,22H,6-7,10-14H2,1-2H3;1H3/q+1;. The number of aliphatic hydroxyl groups is 1. The lowest BCUT2D eigenvalue weighted by molar-refractivity contribution is -0.879. The van der Waals surface area contributed by atoms with Gasteiger partial charge in [-0.25, -0.2) is 4.79 Å². The van der Waals surface area contributed by atoms with E-state index >= 15 is 0 Å². The minimum absolute atomic E-state index is 0.0405. The number of carbonyl (C=O) groups is 1. The zero-order valence-corrected chi connectivity index (χ0v) is 15.8. The lowest BCUT2D eigenvalue weighted by Gasteiger charge is -2.33. The summed E-state index contributed by atoms with van der Waals surface area (Å²) in [7, 11) is 8.79. The Hall–Kier alpha value is -1.33. The highest BCUT2D eigenvalue weighted by molar-refractivity contribution is 6.05. The number of ether oxygens (including phenoxy) is 1. The molecule has 1 saturated carbocycles. The number of quaternary nitrogens is 1. The minimum atomic E-state index is -1.50. The van der Waals surface area contributed by atoms with Gasteiger partial charge in [0.2, 0.25) is 0 Å². The van der Waals surface area contributed by atoms with Crippen LogP contribution >= 0.6 is 0 Å². The highest BCUT2D eigenvalue weighted by Gasteiger charge is 2.49. The van der Waals surface area contributed by atoms with Gasteiger partial charge in [0, 0.05) is 12.3 Å². The van der Waals surface area contributed by atoms with Gasteiger partial charge in [0.25, 0.3) is 0 Å². The van der Waals surface area contributed by atoms with Crippen LogP contribution in [0.25, 0.3) is 0 Å². The third kappa shape index (κ3) is 4.45. The van der Waals surface area contributed by atoms with Crippen molar-refractivity contribution in [1.82, 2.24) is 0 Å². The van der Waals surface area contributed by atoms with Crippen LogP contribution in [-0.2, 0) is 15.1 Å². The van der Waals surface area contributed by atoms with Gasteiger partial charge in [0.05, 0.1) is 28.5 Å². The molecule has 1 N–H and O–H groups in total. The minimum Gasteiger partial charge on any atom is -0.454 e. The predicted molar refractivity (Wildman–Crippen MR) is 100 cm³/mol. The van der Waals surface area contributed by atoms with Crippen LogP contribution in [0.3, 0.4) is 0 Å². The molecule has 136 valence electrons. The second-order valence-corrected chi connectivity index (χ2v) is 7.77. The zero-order valence-electron chi connectivity index (χ0n) is 15.8. The molecule has 2 radical (unpaired) electrons. The fourth-order valence-electron chi connectivity index (χ4n) is 4.12. The highest BCUT2D eigenvalue weighted by atomic mass is 16.6. The summed E-state index contributed by atoms with van der Waals surface area (Å²) in [6.45, 7) is 3.33. The summed E-state index contributed by atoms with van der Waals surface area (Å²) in [5.74, 6) is -0.496. The maximum Gasteiger partial charge on any atom is 0.343 e. The van der Waals surface area contributed by atoms with Crippen molar-refractivity contribution in [3.05, 3.63) is 35.9 Å². The van der Waals surface area contributed by atoms with E-state index in [1.54, 1.807) is 0 Å². The van der Waals surface area contributed by atoms with E-state index in [0.29, 0.717) is 5.56 Å². The molecule has 0 amide bonds. The Kier molecular flexibility index (Phi) is 6.69. The second-order valence-electron chi connectivity index (χ2n) is 7.77. The third-order valence-corrected chi connectivity index (χ3v) is 5.50. The van der Waals surface area contributed by atoms with E-state index in [9.17, 15) is 9.90 Å². The third-order valence-electron chi connectivity index (χ3n) is 5.50. The van der Waals surface area contributed by atoms with Crippen molar-refractivity contribution in [3.8, 4) is 0 Å². The van der Waals surface area contributed by atoms with E-state index in [2.05, 4.69) is 21.9 Å². The molecule has 2 atom stereocenters. The first-order valence-electron chi connectivity index (χ1n) is 9.30. The van der Waals surface area contributed by atoms with E-state index in [4.69, 9.17) is 4.74 Å². The lowest BCUT2D eigenvalue weighted by atomic mass is 9.80. The molecule has 1 saturated heterocycles. The van der Waals surface area contributed by atoms with Gasteiger partial charge < -0.3 is 14.3 Å². The Balaban J connectivity index is 0.00000109. The molecule has 1 aliphatic carbocycles. The molecule has 3 rings (SSSR count). The van der Waals surface area contributed by atoms with Crippen LogP contribution < -0.4 is 0 Å². The Labute approximate surface area is 153 Å². The number of hydrogen-bond donors (Lipinski definition) is 1. The molecule has 2 aliphatic rings. The Morgan fingerprint density at radius 3 is 2.28 bits per heavy atom. The number of hydrogen-bond acceptors (Lipinski definition) is 3. The van der Waals surface area contributed by atoms with Gasteiger partial charge in [-0.15, -0.1) is 0 Å². The highest BCUT2D eigenvalue weighted by Crippen LogP contribution is 2.42. The van der Waals surface area contributed by atoms with E-state index in [0.717, 1.165) is 49.7 Å². The summed E-state index contributed by atoms with van der Waals surface area (Å²) in [6.07, 6.45) is 4.68. The average Bonchev–Trinajstić information content (AvgIpc) is 3.26. The van der Waals surface area contributed by atoms with E-state index in [-0.39, 0.29) is 12.0 Å². The van der Waals surface area contributed by atoms with Gasteiger partial charge in [0.15, 0.2) is 11.7 Å². The normalized spacial score (nSPS) is 24.9. The van der Waals surface area contributed by atoms with Crippen LogP contribution in [0, 0.1) is 5.92 Å². The predicted octanol–water partition coefficient (Wildman–Crippen LogP) is 2.66. The summed E-state index contributed by atoms with van der Waals surface area (Å²) in [4.78, 5) is 12.9. The van der Waals surface area contributed by atoms with Crippen molar-refractivity contribution in [1.29, 1.82) is 0 Å². The number of likely N-dealkylation sites (N-methyl/N-ethyl adjacent to an activating group) is 1. The van der Waals surface area contributed by atoms with Gasteiger partial charge in [-0.3, -0.25) is 0 Å². The van der Waals surface area contributed by atoms with Crippen molar-refractivity contribution in [2.75, 3.05) is 27.2 Å². The van der Waals surface area contributed by atoms with E-state index in [1.165, 1.54) is 6.82 Å². The molecule has 1 aromatic carbocycles. The Bertz CT molecular complexity index is 557. The summed E-state index contributed by atoms with van der Waals surface area (Å²) in [5.41, 5.74) is -0.832. The number of benzene rings is 1. The van der Waals surface area contributed by atoms with Crippen LogP contribution in [-0.4, -0.2) is 56.7 Å². The van der Waals surface area contributed by atoms with Crippen LogP contribution in [0.1, 0.15) is 37.7 Å². The molecule has 25 heavy (non-hydrogen) atoms. The number of carbonyl (C=O) groups excluding carboxylic acids is 1. The average molecular weight is 344 g/mol. The van der Waals surface area contributed by atoms with Crippen molar-refractivity contribution >= 4 is 13.8 Å². The molecule has 4 nitrogen and oxygen atoms in total. The summed E-state index contributed by atoms with van der Waals surface area (Å²) < 4.78 is 6.64. The second kappa shape index (κ2) is 8.37. The molecule has 1 aromatic rings. The smallest absolute Gasteiger partial charge is 0.343 e. The SMILES string of the molecule is C[N+]1(C)CCC(OC(=O)C(O)(c2ccccc2)C2CCCC2)C1.[B]C. The molecule has 5 heteroatoms. The first-order valence-corrected chi connectivity index (χ1v) is 9.30. The van der Waals surface area contributed by atoms with Crippen molar-refractivity contribution in [2.24, 2.45) is 5.92 Å². The molecule has 2 fully saturated rings. The first kappa shape index (κ1) is 20.0. The fraction of sp³-hybridized carbons (Fsp3) is 0.650. The Morgan fingerprint density at radius 1 is 1.16 bits per heavy atom. The molecule has 0 spiro atoms. The fourth-order valence-corrected chi connectivity index (χ4v) is 4.12. The van der Waals surface area contributed by atoms with Crippen LogP contribution in [0.15, 0.2) is 30.3 Å². The first-order chi connectivity index (χ1) is 11.9. The van der Waals surface area contributed by atoms with Crippen LogP contribution in [0.4, 0.5) is 0 Å². The number of likely N-dealkylation sites (tertiary alicyclic amines) is 1. The number of esters is 1.